The predicted molar refractivity (Wildman–Crippen MR) is 153 cm³/mol. The molecule has 4 nitrogen and oxygen atoms in total. The Bertz CT molecular complexity index is 1410. The highest BCUT2D eigenvalue weighted by atomic mass is 31.0. The van der Waals surface area contributed by atoms with Gasteiger partial charge in [-0.2, -0.15) is 5.26 Å². The standard InChI is InChI=1S/C33H34NO3P/c1-32-19-28(23-8-10-25(11-9-23)36-20-22-6-4-3-5-7-22)31-27-13-12-26(35-2)18-24(27)16-17-33(31,21-34)29(32)14-15-30(32)37-38/h3-13,18,29-30H,14-17,19-20,38H2,1-2H3/t29-,30+,32+,33-/m1/s1. The van der Waals surface area contributed by atoms with Gasteiger partial charge in [0.2, 0.25) is 0 Å². The molecule has 5 atom stereocenters. The Kier molecular flexibility index (Phi) is 6.55. The van der Waals surface area contributed by atoms with Crippen LogP contribution in [0.25, 0.3) is 11.1 Å². The fourth-order valence-corrected chi connectivity index (χ4v) is 7.94. The van der Waals surface area contributed by atoms with Gasteiger partial charge in [-0.3, -0.25) is 0 Å². The molecule has 0 spiro atoms. The van der Waals surface area contributed by atoms with E-state index < -0.39 is 5.41 Å². The van der Waals surface area contributed by atoms with Gasteiger partial charge in [-0.15, -0.1) is 0 Å². The number of fused-ring (bicyclic) bond motifs is 5. The minimum Gasteiger partial charge on any atom is -0.497 e. The molecule has 0 saturated heterocycles. The molecule has 0 amide bonds. The molecule has 38 heavy (non-hydrogen) atoms. The number of aryl methyl sites for hydroxylation is 1. The molecular formula is C33H34NO3P. The molecule has 6 rings (SSSR count). The first kappa shape index (κ1) is 25.2. The summed E-state index contributed by atoms with van der Waals surface area (Å²) in [6.07, 6.45) is 4.69. The number of allylic oxidation sites excluding steroid dienone is 2. The molecule has 1 fully saturated rings. The Morgan fingerprint density at radius 3 is 2.47 bits per heavy atom. The summed E-state index contributed by atoms with van der Waals surface area (Å²) < 4.78 is 17.6. The van der Waals surface area contributed by atoms with Crippen LogP contribution in [-0.2, 0) is 17.6 Å². The smallest absolute Gasteiger partial charge is 0.119 e. The topological polar surface area (TPSA) is 51.5 Å². The summed E-state index contributed by atoms with van der Waals surface area (Å²) >= 11 is 0. The SMILES string of the molecule is COc1ccc2c(c1)CC[C@]1(C#N)C2=C(c2ccc(OCc3ccccc3)cc2)C[C@]2(C)[C@@H](OP)CC[C@H]21. The lowest BCUT2D eigenvalue weighted by atomic mass is 9.49. The third-order valence-corrected chi connectivity index (χ3v) is 9.66. The maximum absolute atomic E-state index is 10.9. The first-order valence-electron chi connectivity index (χ1n) is 13.5. The molecule has 3 aromatic carbocycles. The van der Waals surface area contributed by atoms with Crippen molar-refractivity contribution in [3.63, 3.8) is 0 Å². The van der Waals surface area contributed by atoms with Crippen molar-refractivity contribution in [2.45, 2.75) is 51.7 Å². The quantitative estimate of drug-likeness (QED) is 0.312. The van der Waals surface area contributed by atoms with Crippen molar-refractivity contribution < 1.29 is 14.0 Å². The molecule has 1 saturated carbocycles. The van der Waals surface area contributed by atoms with Gasteiger partial charge in [-0.1, -0.05) is 55.5 Å². The van der Waals surface area contributed by atoms with Crippen LogP contribution in [-0.4, -0.2) is 13.2 Å². The summed E-state index contributed by atoms with van der Waals surface area (Å²) in [4.78, 5) is 0. The van der Waals surface area contributed by atoms with Crippen molar-refractivity contribution in [1.29, 1.82) is 5.26 Å². The highest BCUT2D eigenvalue weighted by Crippen LogP contribution is 2.68. The molecule has 0 aromatic heterocycles. The van der Waals surface area contributed by atoms with E-state index in [2.05, 4.69) is 71.0 Å². The van der Waals surface area contributed by atoms with Gasteiger partial charge in [0.1, 0.15) is 18.1 Å². The van der Waals surface area contributed by atoms with E-state index in [1.54, 1.807) is 7.11 Å². The highest BCUT2D eigenvalue weighted by molar-refractivity contribution is 7.09. The van der Waals surface area contributed by atoms with Crippen LogP contribution in [0.4, 0.5) is 0 Å². The zero-order chi connectivity index (χ0) is 26.3. The number of hydrogen-bond donors (Lipinski definition) is 0. The molecule has 0 aliphatic heterocycles. The molecule has 1 unspecified atom stereocenters. The van der Waals surface area contributed by atoms with Gasteiger partial charge in [0.25, 0.3) is 0 Å². The molecule has 3 aliphatic carbocycles. The van der Waals surface area contributed by atoms with Crippen LogP contribution in [0.5, 0.6) is 11.5 Å². The van der Waals surface area contributed by atoms with E-state index in [0.717, 1.165) is 54.7 Å². The second-order valence-corrected chi connectivity index (χ2v) is 11.5. The van der Waals surface area contributed by atoms with E-state index >= 15 is 0 Å². The summed E-state index contributed by atoms with van der Waals surface area (Å²) in [6, 6.07) is 27.9. The Balaban J connectivity index is 1.46. The molecular weight excluding hydrogens is 489 g/mol. The number of benzene rings is 3. The first-order chi connectivity index (χ1) is 18.5. The van der Waals surface area contributed by atoms with Crippen LogP contribution in [0.15, 0.2) is 72.8 Å². The Hall–Kier alpha value is -3.12. The molecule has 0 radical (unpaired) electrons. The average molecular weight is 524 g/mol. The maximum Gasteiger partial charge on any atom is 0.119 e. The normalized spacial score (nSPS) is 27.6. The van der Waals surface area contributed by atoms with E-state index in [1.165, 1.54) is 22.3 Å². The third kappa shape index (κ3) is 3.96. The molecule has 3 aliphatic rings. The summed E-state index contributed by atoms with van der Waals surface area (Å²) in [5, 5.41) is 10.9. The van der Waals surface area contributed by atoms with Gasteiger partial charge in [0.05, 0.1) is 24.7 Å². The predicted octanol–water partition coefficient (Wildman–Crippen LogP) is 7.64. The van der Waals surface area contributed by atoms with Gasteiger partial charge >= 0.3 is 0 Å². The summed E-state index contributed by atoms with van der Waals surface area (Å²) in [7, 11) is 4.21. The zero-order valence-electron chi connectivity index (χ0n) is 22.1. The van der Waals surface area contributed by atoms with E-state index in [0.29, 0.717) is 6.61 Å². The second kappa shape index (κ2) is 9.88. The van der Waals surface area contributed by atoms with Gasteiger partial charge in [-0.25, -0.2) is 0 Å². The van der Waals surface area contributed by atoms with Gasteiger partial charge in [-0.05, 0) is 95.7 Å². The van der Waals surface area contributed by atoms with Crippen molar-refractivity contribution >= 4 is 20.6 Å². The summed E-state index contributed by atoms with van der Waals surface area (Å²) in [5.41, 5.74) is 6.61. The fourth-order valence-electron chi connectivity index (χ4n) is 7.50. The van der Waals surface area contributed by atoms with Crippen LogP contribution in [0, 0.1) is 28.1 Å². The van der Waals surface area contributed by atoms with E-state index in [-0.39, 0.29) is 17.4 Å². The van der Waals surface area contributed by atoms with E-state index in [9.17, 15) is 5.26 Å². The minimum atomic E-state index is -0.537. The molecule has 5 heteroatoms. The lowest BCUT2D eigenvalue weighted by molar-refractivity contribution is 0.0406. The summed E-state index contributed by atoms with van der Waals surface area (Å²) in [5.74, 6) is 1.97. The number of hydrogen-bond acceptors (Lipinski definition) is 4. The summed E-state index contributed by atoms with van der Waals surface area (Å²) in [6.45, 7) is 2.88. The van der Waals surface area contributed by atoms with Crippen molar-refractivity contribution in [3.8, 4) is 17.6 Å². The van der Waals surface area contributed by atoms with Gasteiger partial charge in [0, 0.05) is 14.9 Å². The van der Waals surface area contributed by atoms with Crippen LogP contribution in [0.1, 0.15) is 54.9 Å². The molecule has 3 aromatic rings. The van der Waals surface area contributed by atoms with Crippen LogP contribution >= 0.6 is 9.47 Å². The third-order valence-electron chi connectivity index (χ3n) is 9.33. The Morgan fingerprint density at radius 2 is 1.76 bits per heavy atom. The first-order valence-corrected chi connectivity index (χ1v) is 13.9. The zero-order valence-corrected chi connectivity index (χ0v) is 23.2. The second-order valence-electron chi connectivity index (χ2n) is 11.2. The van der Waals surface area contributed by atoms with Crippen molar-refractivity contribution in [3.05, 3.63) is 95.1 Å². The van der Waals surface area contributed by atoms with Crippen molar-refractivity contribution in [1.82, 2.24) is 0 Å². The van der Waals surface area contributed by atoms with E-state index in [4.69, 9.17) is 14.0 Å². The number of nitrogens with zero attached hydrogens (tertiary/aromatic N) is 1. The number of rotatable bonds is 6. The van der Waals surface area contributed by atoms with Crippen LogP contribution in [0.3, 0.4) is 0 Å². The van der Waals surface area contributed by atoms with E-state index in [1.807, 2.05) is 24.3 Å². The fraction of sp³-hybridized carbons (Fsp3) is 0.364. The lowest BCUT2D eigenvalue weighted by Crippen LogP contribution is -2.47. The molecule has 194 valence electrons. The molecule has 0 bridgehead atoms. The van der Waals surface area contributed by atoms with Crippen LogP contribution < -0.4 is 9.47 Å². The number of nitriles is 1. The molecule has 0 N–H and O–H groups in total. The van der Waals surface area contributed by atoms with Crippen LogP contribution in [0.2, 0.25) is 0 Å². The molecule has 0 heterocycles. The maximum atomic E-state index is 10.9. The minimum absolute atomic E-state index is 0.108. The van der Waals surface area contributed by atoms with Gasteiger partial charge in [0.15, 0.2) is 0 Å². The number of methoxy groups -OCH3 is 1. The average Bonchev–Trinajstić information content (AvgIpc) is 3.32. The highest BCUT2D eigenvalue weighted by Gasteiger charge is 2.62. The number of ether oxygens (including phenoxy) is 2. The lowest BCUT2D eigenvalue weighted by Gasteiger charge is -2.52. The van der Waals surface area contributed by atoms with Gasteiger partial charge < -0.3 is 14.0 Å². The largest absolute Gasteiger partial charge is 0.497 e. The monoisotopic (exact) mass is 523 g/mol. The Labute approximate surface area is 227 Å². The Morgan fingerprint density at radius 1 is 1.00 bits per heavy atom. The van der Waals surface area contributed by atoms with Crippen molar-refractivity contribution in [2.24, 2.45) is 16.7 Å². The van der Waals surface area contributed by atoms with Crippen molar-refractivity contribution in [2.75, 3.05) is 7.11 Å².